The van der Waals surface area contributed by atoms with Crippen molar-refractivity contribution in [1.29, 1.82) is 5.26 Å². The van der Waals surface area contributed by atoms with E-state index in [1.807, 2.05) is 30.5 Å². The van der Waals surface area contributed by atoms with Crippen molar-refractivity contribution in [2.45, 2.75) is 44.1 Å². The lowest BCUT2D eigenvalue weighted by Gasteiger charge is -2.38. The first kappa shape index (κ1) is 19.8. The number of rotatable bonds is 6. The third-order valence-corrected chi connectivity index (χ3v) is 5.59. The van der Waals surface area contributed by atoms with Gasteiger partial charge in [0.25, 0.3) is 0 Å². The predicted octanol–water partition coefficient (Wildman–Crippen LogP) is 4.11. The van der Waals surface area contributed by atoms with Crippen molar-refractivity contribution in [3.63, 3.8) is 0 Å². The number of hydrogen-bond donors (Lipinski definition) is 2. The molecular weight excluding hydrogens is 348 g/mol. The number of para-hydroxylation sites is 1. The molecule has 0 aromatic heterocycles. The molecule has 5 nitrogen and oxygen atoms in total. The fraction of sp³-hybridized carbons (Fsp3) is 0.391. The van der Waals surface area contributed by atoms with Crippen LogP contribution in [-0.4, -0.2) is 19.6 Å². The Balaban J connectivity index is 1.69. The third kappa shape index (κ3) is 4.83. The van der Waals surface area contributed by atoms with Crippen LogP contribution in [0.5, 0.6) is 5.75 Å². The summed E-state index contributed by atoms with van der Waals surface area (Å²) in [6.07, 6.45) is 7.96. The largest absolute Gasteiger partial charge is 0.496 e. The zero-order valence-corrected chi connectivity index (χ0v) is 16.4. The molecule has 2 N–H and O–H groups in total. The van der Waals surface area contributed by atoms with Crippen molar-refractivity contribution in [1.82, 2.24) is 10.6 Å². The number of nitriles is 1. The summed E-state index contributed by atoms with van der Waals surface area (Å²) in [6, 6.07) is 18.6. The molecule has 1 saturated carbocycles. The summed E-state index contributed by atoms with van der Waals surface area (Å²) < 4.78 is 5.40. The Hall–Kier alpha value is -3.00. The van der Waals surface area contributed by atoms with Gasteiger partial charge in [-0.05, 0) is 24.5 Å². The van der Waals surface area contributed by atoms with Gasteiger partial charge in [-0.1, -0.05) is 67.8 Å². The highest BCUT2D eigenvalue weighted by Crippen LogP contribution is 2.38. The number of nitrogens with one attached hydrogen (secondary N) is 2. The molecule has 1 aliphatic rings. The molecule has 146 valence electrons. The number of methoxy groups -OCH3 is 1. The number of aliphatic imine (C=N–C) groups is 1. The molecule has 3 rings (SSSR count). The Kier molecular flexibility index (Phi) is 6.91. The lowest BCUT2D eigenvalue weighted by atomic mass is 9.69. The molecule has 0 bridgehead atoms. The van der Waals surface area contributed by atoms with E-state index in [2.05, 4.69) is 46.0 Å². The fourth-order valence-corrected chi connectivity index (χ4v) is 4.06. The van der Waals surface area contributed by atoms with E-state index >= 15 is 0 Å². The van der Waals surface area contributed by atoms with Crippen molar-refractivity contribution < 1.29 is 4.74 Å². The maximum absolute atomic E-state index is 9.11. The van der Waals surface area contributed by atoms with E-state index in [1.165, 1.54) is 24.8 Å². The summed E-state index contributed by atoms with van der Waals surface area (Å²) in [4.78, 5) is 3.96. The van der Waals surface area contributed by atoms with Gasteiger partial charge >= 0.3 is 0 Å². The van der Waals surface area contributed by atoms with Crippen molar-refractivity contribution >= 4 is 5.96 Å². The molecule has 0 heterocycles. The number of hydrogen-bond acceptors (Lipinski definition) is 3. The minimum absolute atomic E-state index is 0.0852. The van der Waals surface area contributed by atoms with E-state index in [1.54, 1.807) is 7.11 Å². The van der Waals surface area contributed by atoms with Crippen LogP contribution in [0.2, 0.25) is 0 Å². The van der Waals surface area contributed by atoms with Gasteiger partial charge in [0.05, 0.1) is 7.11 Å². The van der Waals surface area contributed by atoms with Gasteiger partial charge in [-0.25, -0.2) is 0 Å². The molecule has 5 heteroatoms. The van der Waals surface area contributed by atoms with Gasteiger partial charge in [0.2, 0.25) is 12.2 Å². The van der Waals surface area contributed by atoms with Crippen molar-refractivity contribution in [2.24, 2.45) is 4.99 Å². The molecule has 0 spiro atoms. The summed E-state index contributed by atoms with van der Waals surface area (Å²) >= 11 is 0. The van der Waals surface area contributed by atoms with Gasteiger partial charge in [0, 0.05) is 24.1 Å². The summed E-state index contributed by atoms with van der Waals surface area (Å²) in [7, 11) is 1.66. The molecule has 2 aromatic rings. The van der Waals surface area contributed by atoms with Crippen LogP contribution in [0.25, 0.3) is 0 Å². The lowest BCUT2D eigenvalue weighted by Crippen LogP contribution is -2.46. The molecule has 1 aliphatic carbocycles. The Labute approximate surface area is 167 Å². The van der Waals surface area contributed by atoms with E-state index in [4.69, 9.17) is 10.00 Å². The van der Waals surface area contributed by atoms with Crippen LogP contribution < -0.4 is 15.4 Å². The van der Waals surface area contributed by atoms with Gasteiger partial charge in [0.15, 0.2) is 0 Å². The summed E-state index contributed by atoms with van der Waals surface area (Å²) in [5.41, 5.74) is 2.47. The van der Waals surface area contributed by atoms with Crippen molar-refractivity contribution in [3.05, 3.63) is 65.7 Å². The summed E-state index contributed by atoms with van der Waals surface area (Å²) in [5, 5.41) is 15.8. The van der Waals surface area contributed by atoms with E-state index in [-0.39, 0.29) is 5.41 Å². The Morgan fingerprint density at radius 3 is 2.46 bits per heavy atom. The number of benzene rings is 2. The molecule has 0 aliphatic heterocycles. The van der Waals surface area contributed by atoms with Gasteiger partial charge < -0.3 is 15.4 Å². The average molecular weight is 377 g/mol. The second-order valence-corrected chi connectivity index (χ2v) is 7.29. The average Bonchev–Trinajstić information content (AvgIpc) is 2.77. The highest BCUT2D eigenvalue weighted by atomic mass is 16.5. The van der Waals surface area contributed by atoms with Gasteiger partial charge in [-0.3, -0.25) is 0 Å². The van der Waals surface area contributed by atoms with Crippen molar-refractivity contribution in [2.75, 3.05) is 13.7 Å². The second kappa shape index (κ2) is 9.80. The molecule has 0 amide bonds. The van der Waals surface area contributed by atoms with E-state index < -0.39 is 0 Å². The zero-order valence-electron chi connectivity index (χ0n) is 16.4. The van der Waals surface area contributed by atoms with Crippen LogP contribution in [0.1, 0.15) is 43.2 Å². The Morgan fingerprint density at radius 2 is 1.75 bits per heavy atom. The first-order chi connectivity index (χ1) is 13.8. The number of ether oxygens (including phenoxy) is 1. The number of nitrogens with zero attached hydrogens (tertiary/aromatic N) is 2. The third-order valence-electron chi connectivity index (χ3n) is 5.59. The van der Waals surface area contributed by atoms with Gasteiger partial charge in [-0.15, -0.1) is 4.99 Å². The second-order valence-electron chi connectivity index (χ2n) is 7.29. The molecule has 28 heavy (non-hydrogen) atoms. The quantitative estimate of drug-likeness (QED) is 0.452. The molecular formula is C23H28N4O. The van der Waals surface area contributed by atoms with Crippen LogP contribution in [-0.2, 0) is 12.0 Å². The van der Waals surface area contributed by atoms with E-state index in [0.29, 0.717) is 12.5 Å². The van der Waals surface area contributed by atoms with Crippen LogP contribution in [0.3, 0.4) is 0 Å². The molecule has 2 aromatic carbocycles. The molecule has 1 fully saturated rings. The maximum Gasteiger partial charge on any atom is 0.209 e. The first-order valence-corrected chi connectivity index (χ1v) is 9.89. The Morgan fingerprint density at radius 1 is 1.04 bits per heavy atom. The minimum Gasteiger partial charge on any atom is -0.496 e. The fourth-order valence-electron chi connectivity index (χ4n) is 4.06. The highest BCUT2D eigenvalue weighted by molar-refractivity contribution is 5.80. The highest BCUT2D eigenvalue weighted by Gasteiger charge is 2.33. The lowest BCUT2D eigenvalue weighted by molar-refractivity contribution is 0.291. The SMILES string of the molecule is COc1ccccc1CN/C(=N\C#N)NCC1(c2ccccc2)CCCCC1. The minimum atomic E-state index is 0.0852. The topological polar surface area (TPSA) is 69.4 Å². The molecule has 0 saturated heterocycles. The van der Waals surface area contributed by atoms with Gasteiger partial charge in [0.1, 0.15) is 5.75 Å². The van der Waals surface area contributed by atoms with Crippen LogP contribution in [0, 0.1) is 11.5 Å². The molecule has 0 radical (unpaired) electrons. The summed E-state index contributed by atoms with van der Waals surface area (Å²) in [6.45, 7) is 1.30. The molecule has 0 atom stereocenters. The first-order valence-electron chi connectivity index (χ1n) is 9.89. The normalized spacial score (nSPS) is 16.1. The standard InChI is InChI=1S/C23H28N4O/c1-28-21-13-7-6-10-19(21)16-25-22(27-18-24)26-17-23(14-8-3-9-15-23)20-11-4-2-5-12-20/h2,4-7,10-13H,3,8-9,14-17H2,1H3,(H2,25,26,27). The smallest absolute Gasteiger partial charge is 0.209 e. The van der Waals surface area contributed by atoms with E-state index in [0.717, 1.165) is 30.7 Å². The van der Waals surface area contributed by atoms with Crippen LogP contribution in [0.4, 0.5) is 0 Å². The Bertz CT molecular complexity index is 820. The van der Waals surface area contributed by atoms with Crippen molar-refractivity contribution in [3.8, 4) is 11.9 Å². The zero-order chi connectivity index (χ0) is 19.7. The monoisotopic (exact) mass is 376 g/mol. The van der Waals surface area contributed by atoms with Gasteiger partial charge in [-0.2, -0.15) is 5.26 Å². The summed E-state index contributed by atoms with van der Waals surface area (Å²) in [5.74, 6) is 1.33. The molecule has 0 unspecified atom stereocenters. The maximum atomic E-state index is 9.11. The predicted molar refractivity (Wildman–Crippen MR) is 112 cm³/mol. The van der Waals surface area contributed by atoms with E-state index in [9.17, 15) is 0 Å². The van der Waals surface area contributed by atoms with Crippen LogP contribution in [0.15, 0.2) is 59.6 Å². The van der Waals surface area contributed by atoms with Crippen LogP contribution >= 0.6 is 0 Å². The number of guanidine groups is 1.